The smallest absolute Gasteiger partial charge is 0.331 e. The standard InChI is InChI=1S/C15H18N2O3S/c1-3-7-16(8-4-2)15(20)17-9-5-12-11(6-10-21-12)13(17)14(18)19/h1,6,10,13H,4-5,7-9H2,2H3,(H,18,19). The van der Waals surface area contributed by atoms with Crippen LogP contribution in [0.1, 0.15) is 29.8 Å². The summed E-state index contributed by atoms with van der Waals surface area (Å²) in [7, 11) is 0. The molecule has 0 saturated heterocycles. The molecule has 5 nitrogen and oxygen atoms in total. The largest absolute Gasteiger partial charge is 0.479 e. The zero-order valence-corrected chi connectivity index (χ0v) is 12.7. The van der Waals surface area contributed by atoms with Gasteiger partial charge < -0.3 is 14.9 Å². The van der Waals surface area contributed by atoms with Crippen molar-refractivity contribution in [2.75, 3.05) is 19.6 Å². The van der Waals surface area contributed by atoms with Crippen molar-refractivity contribution < 1.29 is 14.7 Å². The molecule has 21 heavy (non-hydrogen) atoms. The molecule has 1 aliphatic heterocycles. The van der Waals surface area contributed by atoms with E-state index in [0.717, 1.165) is 16.9 Å². The van der Waals surface area contributed by atoms with E-state index < -0.39 is 12.0 Å². The third-order valence-electron chi connectivity index (χ3n) is 3.49. The van der Waals surface area contributed by atoms with Crippen LogP contribution in [0.4, 0.5) is 4.79 Å². The zero-order chi connectivity index (χ0) is 15.4. The second-order valence-electron chi connectivity index (χ2n) is 4.89. The number of carboxylic acids is 1. The highest BCUT2D eigenvalue weighted by Crippen LogP contribution is 2.34. The average Bonchev–Trinajstić information content (AvgIpc) is 2.93. The van der Waals surface area contributed by atoms with E-state index in [1.54, 1.807) is 17.4 Å². The van der Waals surface area contributed by atoms with E-state index in [1.165, 1.54) is 9.80 Å². The number of fused-ring (bicyclic) bond motifs is 1. The first-order chi connectivity index (χ1) is 10.1. The Labute approximate surface area is 128 Å². The maximum Gasteiger partial charge on any atom is 0.331 e. The van der Waals surface area contributed by atoms with Crippen LogP contribution in [0.2, 0.25) is 0 Å². The predicted molar refractivity (Wildman–Crippen MR) is 81.2 cm³/mol. The van der Waals surface area contributed by atoms with Gasteiger partial charge in [0.1, 0.15) is 0 Å². The van der Waals surface area contributed by atoms with Crippen molar-refractivity contribution in [3.05, 3.63) is 21.9 Å². The molecule has 1 atom stereocenters. The van der Waals surface area contributed by atoms with E-state index in [2.05, 4.69) is 5.92 Å². The van der Waals surface area contributed by atoms with Gasteiger partial charge in [-0.25, -0.2) is 9.59 Å². The highest BCUT2D eigenvalue weighted by atomic mass is 32.1. The topological polar surface area (TPSA) is 60.9 Å². The second-order valence-corrected chi connectivity index (χ2v) is 5.89. The van der Waals surface area contributed by atoms with E-state index in [0.29, 0.717) is 19.5 Å². The van der Waals surface area contributed by atoms with Crippen molar-refractivity contribution in [3.8, 4) is 12.3 Å². The molecule has 0 radical (unpaired) electrons. The molecule has 0 saturated carbocycles. The molecule has 1 aromatic heterocycles. The van der Waals surface area contributed by atoms with Crippen LogP contribution in [0, 0.1) is 12.3 Å². The number of carbonyl (C=O) groups is 2. The molecule has 112 valence electrons. The molecule has 2 rings (SSSR count). The van der Waals surface area contributed by atoms with Gasteiger partial charge in [0.15, 0.2) is 6.04 Å². The van der Waals surface area contributed by atoms with Crippen molar-refractivity contribution in [2.45, 2.75) is 25.8 Å². The Morgan fingerprint density at radius 1 is 1.62 bits per heavy atom. The van der Waals surface area contributed by atoms with Crippen molar-refractivity contribution in [2.24, 2.45) is 0 Å². The molecule has 0 fully saturated rings. The van der Waals surface area contributed by atoms with Crippen LogP contribution >= 0.6 is 11.3 Å². The summed E-state index contributed by atoms with van der Waals surface area (Å²) in [6.07, 6.45) is 6.78. The summed E-state index contributed by atoms with van der Waals surface area (Å²) in [5, 5.41) is 11.4. The molecular formula is C15H18N2O3S. The van der Waals surface area contributed by atoms with Gasteiger partial charge >= 0.3 is 12.0 Å². The Bertz CT molecular complexity index is 576. The maximum atomic E-state index is 12.6. The third kappa shape index (κ3) is 3.03. The Hall–Kier alpha value is -2.00. The number of carbonyl (C=O) groups excluding carboxylic acids is 1. The van der Waals surface area contributed by atoms with Gasteiger partial charge in [0, 0.05) is 18.0 Å². The van der Waals surface area contributed by atoms with Gasteiger partial charge in [-0.05, 0) is 29.9 Å². The van der Waals surface area contributed by atoms with E-state index in [4.69, 9.17) is 6.42 Å². The van der Waals surface area contributed by atoms with Gasteiger partial charge in [-0.3, -0.25) is 0 Å². The highest BCUT2D eigenvalue weighted by Gasteiger charge is 2.38. The van der Waals surface area contributed by atoms with Crippen LogP contribution < -0.4 is 0 Å². The molecule has 6 heteroatoms. The minimum absolute atomic E-state index is 0.200. The van der Waals surface area contributed by atoms with Crippen molar-refractivity contribution in [1.82, 2.24) is 9.80 Å². The predicted octanol–water partition coefficient (Wildman–Crippen LogP) is 2.20. The van der Waals surface area contributed by atoms with E-state index in [-0.39, 0.29) is 12.6 Å². The van der Waals surface area contributed by atoms with Gasteiger partial charge in [0.25, 0.3) is 0 Å². The summed E-state index contributed by atoms with van der Waals surface area (Å²) < 4.78 is 0. The number of terminal acetylenes is 1. The SMILES string of the molecule is C#CCN(CCC)C(=O)N1CCc2sccc2C1C(=O)O. The fraction of sp³-hybridized carbons (Fsp3) is 0.467. The third-order valence-corrected chi connectivity index (χ3v) is 4.49. The summed E-state index contributed by atoms with van der Waals surface area (Å²) in [6.45, 7) is 3.10. The lowest BCUT2D eigenvalue weighted by Crippen LogP contribution is -2.49. The van der Waals surface area contributed by atoms with Crippen LogP contribution in [0.25, 0.3) is 0 Å². The average molecular weight is 306 g/mol. The lowest BCUT2D eigenvalue weighted by Gasteiger charge is -2.36. The maximum absolute atomic E-state index is 12.6. The zero-order valence-electron chi connectivity index (χ0n) is 11.9. The highest BCUT2D eigenvalue weighted by molar-refractivity contribution is 7.10. The van der Waals surface area contributed by atoms with Crippen molar-refractivity contribution in [1.29, 1.82) is 0 Å². The van der Waals surface area contributed by atoms with Gasteiger partial charge in [0.05, 0.1) is 6.54 Å². The molecule has 0 bridgehead atoms. The van der Waals surface area contributed by atoms with Gasteiger partial charge in [0.2, 0.25) is 0 Å². The number of thiophene rings is 1. The molecule has 1 unspecified atom stereocenters. The monoisotopic (exact) mass is 306 g/mol. The number of rotatable bonds is 4. The first-order valence-corrected chi connectivity index (χ1v) is 7.76. The first kappa shape index (κ1) is 15.4. The Balaban J connectivity index is 2.28. The van der Waals surface area contributed by atoms with Crippen LogP contribution in [0.5, 0.6) is 0 Å². The quantitative estimate of drug-likeness (QED) is 0.868. The lowest BCUT2D eigenvalue weighted by molar-refractivity contribution is -0.143. The Kier molecular flexibility index (Phi) is 4.86. The van der Waals surface area contributed by atoms with Crippen LogP contribution in [0.3, 0.4) is 0 Å². The number of carboxylic acid groups (broad SMARTS) is 1. The summed E-state index contributed by atoms with van der Waals surface area (Å²) in [5.74, 6) is 1.46. The van der Waals surface area contributed by atoms with Gasteiger partial charge in [-0.15, -0.1) is 17.8 Å². The minimum atomic E-state index is -1.00. The summed E-state index contributed by atoms with van der Waals surface area (Å²) >= 11 is 1.54. The second kappa shape index (κ2) is 6.64. The molecule has 0 spiro atoms. The van der Waals surface area contributed by atoms with E-state index >= 15 is 0 Å². The molecule has 2 amide bonds. The van der Waals surface area contributed by atoms with E-state index in [1.807, 2.05) is 12.3 Å². The van der Waals surface area contributed by atoms with E-state index in [9.17, 15) is 14.7 Å². The minimum Gasteiger partial charge on any atom is -0.479 e. The fourth-order valence-electron chi connectivity index (χ4n) is 2.59. The van der Waals surface area contributed by atoms with Gasteiger partial charge in [-0.2, -0.15) is 0 Å². The summed E-state index contributed by atoms with van der Waals surface area (Å²) in [5.41, 5.74) is 0.726. The van der Waals surface area contributed by atoms with Crippen LogP contribution in [0.15, 0.2) is 11.4 Å². The summed E-state index contributed by atoms with van der Waals surface area (Å²) in [4.78, 5) is 28.2. The van der Waals surface area contributed by atoms with Crippen molar-refractivity contribution in [3.63, 3.8) is 0 Å². The molecule has 1 aromatic rings. The number of hydrogen-bond donors (Lipinski definition) is 1. The molecular weight excluding hydrogens is 288 g/mol. The number of aliphatic carboxylic acids is 1. The van der Waals surface area contributed by atoms with Crippen molar-refractivity contribution >= 4 is 23.3 Å². The lowest BCUT2D eigenvalue weighted by atomic mass is 10.0. The summed E-state index contributed by atoms with van der Waals surface area (Å²) in [6, 6.07) is 0.590. The number of nitrogens with zero attached hydrogens (tertiary/aromatic N) is 2. The Morgan fingerprint density at radius 3 is 3.00 bits per heavy atom. The number of hydrogen-bond acceptors (Lipinski definition) is 3. The van der Waals surface area contributed by atoms with Gasteiger partial charge in [-0.1, -0.05) is 12.8 Å². The van der Waals surface area contributed by atoms with Crippen LogP contribution in [-0.4, -0.2) is 46.5 Å². The first-order valence-electron chi connectivity index (χ1n) is 6.88. The Morgan fingerprint density at radius 2 is 2.38 bits per heavy atom. The molecule has 0 aromatic carbocycles. The number of urea groups is 1. The number of amides is 2. The fourth-order valence-corrected chi connectivity index (χ4v) is 3.50. The molecule has 0 aliphatic carbocycles. The van der Waals surface area contributed by atoms with Crippen LogP contribution in [-0.2, 0) is 11.2 Å². The normalized spacial score (nSPS) is 17.0. The molecule has 1 aliphatic rings. The molecule has 2 heterocycles. The molecule has 1 N–H and O–H groups in total.